The lowest BCUT2D eigenvalue weighted by Crippen LogP contribution is -2.18. The first-order chi connectivity index (χ1) is 6.84. The Labute approximate surface area is 92.6 Å². The quantitative estimate of drug-likeness (QED) is 0.726. The van der Waals surface area contributed by atoms with Gasteiger partial charge in [0.15, 0.2) is 0 Å². The second-order valence-electron chi connectivity index (χ2n) is 2.46. The topological polar surface area (TPSA) is 33.2 Å². The Kier molecular flexibility index (Phi) is 3.41. The van der Waals surface area contributed by atoms with Gasteiger partial charge in [-0.1, -0.05) is 0 Å². The molecule has 0 aliphatic rings. The molecule has 15 heavy (non-hydrogen) atoms. The molecule has 0 saturated carbocycles. The minimum absolute atomic E-state index is 0.0201. The number of aromatic nitrogens is 1. The van der Waals surface area contributed by atoms with Crippen molar-refractivity contribution in [1.29, 1.82) is 0 Å². The van der Waals surface area contributed by atoms with Gasteiger partial charge in [-0.15, -0.1) is 0 Å². The van der Waals surface area contributed by atoms with Gasteiger partial charge in [0, 0.05) is 35.9 Å². The number of rotatable bonds is 1. The highest BCUT2D eigenvalue weighted by Crippen LogP contribution is 2.32. The van der Waals surface area contributed by atoms with Crippen LogP contribution in [0.5, 0.6) is 0 Å². The second kappa shape index (κ2) is 4.24. The SMILES string of the molecule is O=C(c1cnccc1C(F)(F)F)N(Cl)Cl. The molecule has 0 aliphatic heterocycles. The Morgan fingerprint density at radius 2 is 2.00 bits per heavy atom. The van der Waals surface area contributed by atoms with E-state index in [2.05, 4.69) is 4.98 Å². The largest absolute Gasteiger partial charge is 0.417 e. The minimum atomic E-state index is -4.66. The number of carbonyl (C=O) groups is 1. The number of hydrogen-bond donors (Lipinski definition) is 0. The standard InChI is InChI=1S/C7H3Cl2F3N2O/c8-14(9)6(15)4-3-13-2-1-5(4)7(10,11)12/h1-3H. The molecular formula is C7H3Cl2F3N2O. The molecule has 0 radical (unpaired) electrons. The molecule has 0 bridgehead atoms. The number of amides is 1. The molecule has 0 aliphatic carbocycles. The smallest absolute Gasteiger partial charge is 0.266 e. The molecule has 1 amide bonds. The van der Waals surface area contributed by atoms with E-state index >= 15 is 0 Å². The van der Waals surface area contributed by atoms with Gasteiger partial charge in [-0.3, -0.25) is 9.78 Å². The first-order valence-electron chi connectivity index (χ1n) is 3.51. The maximum Gasteiger partial charge on any atom is 0.417 e. The van der Waals surface area contributed by atoms with Crippen molar-refractivity contribution in [3.05, 3.63) is 29.6 Å². The maximum absolute atomic E-state index is 12.4. The zero-order valence-corrected chi connectivity index (χ0v) is 8.44. The lowest BCUT2D eigenvalue weighted by Gasteiger charge is -2.11. The van der Waals surface area contributed by atoms with E-state index in [1.165, 1.54) is 0 Å². The lowest BCUT2D eigenvalue weighted by atomic mass is 10.1. The molecule has 1 aromatic heterocycles. The second-order valence-corrected chi connectivity index (χ2v) is 3.31. The molecule has 0 fully saturated rings. The number of pyridine rings is 1. The molecule has 8 heteroatoms. The highest BCUT2D eigenvalue weighted by Gasteiger charge is 2.36. The van der Waals surface area contributed by atoms with Crippen LogP contribution in [0, 0.1) is 0 Å². The maximum atomic E-state index is 12.4. The van der Waals surface area contributed by atoms with Crippen LogP contribution in [0.15, 0.2) is 18.5 Å². The molecule has 1 rings (SSSR count). The fourth-order valence-corrected chi connectivity index (χ4v) is 1.09. The van der Waals surface area contributed by atoms with Crippen LogP contribution in [0.2, 0.25) is 0 Å². The predicted molar refractivity (Wildman–Crippen MR) is 47.1 cm³/mol. The van der Waals surface area contributed by atoms with E-state index < -0.39 is 23.2 Å². The fraction of sp³-hybridized carbons (Fsp3) is 0.143. The van der Waals surface area contributed by atoms with Gasteiger partial charge in [-0.2, -0.15) is 17.1 Å². The lowest BCUT2D eigenvalue weighted by molar-refractivity contribution is -0.138. The van der Waals surface area contributed by atoms with Gasteiger partial charge in [0.1, 0.15) is 0 Å². The molecule has 0 aromatic carbocycles. The molecule has 0 saturated heterocycles. The average molecular weight is 259 g/mol. The third-order valence-electron chi connectivity index (χ3n) is 1.51. The number of carbonyl (C=O) groups excluding carboxylic acids is 1. The monoisotopic (exact) mass is 258 g/mol. The van der Waals surface area contributed by atoms with E-state index in [4.69, 9.17) is 23.6 Å². The summed E-state index contributed by atoms with van der Waals surface area (Å²) in [5.74, 6) is -1.18. The summed E-state index contributed by atoms with van der Waals surface area (Å²) in [6, 6.07) is 0.671. The van der Waals surface area contributed by atoms with Crippen molar-refractivity contribution in [1.82, 2.24) is 8.92 Å². The Balaban J connectivity index is 3.25. The van der Waals surface area contributed by atoms with Crippen molar-refractivity contribution >= 4 is 29.5 Å². The Morgan fingerprint density at radius 3 is 2.47 bits per heavy atom. The number of nitrogens with zero attached hydrogens (tertiary/aromatic N) is 2. The molecule has 0 spiro atoms. The molecule has 0 N–H and O–H groups in total. The van der Waals surface area contributed by atoms with Crippen molar-refractivity contribution in [2.75, 3.05) is 0 Å². The summed E-state index contributed by atoms with van der Waals surface area (Å²) in [4.78, 5) is 14.5. The number of hydrogen-bond acceptors (Lipinski definition) is 2. The van der Waals surface area contributed by atoms with Gasteiger partial charge in [-0.25, -0.2) is 0 Å². The third kappa shape index (κ3) is 2.73. The molecule has 1 aromatic rings. The van der Waals surface area contributed by atoms with Crippen LogP contribution in [-0.4, -0.2) is 14.8 Å². The average Bonchev–Trinajstić information content (AvgIpc) is 2.15. The van der Waals surface area contributed by atoms with Crippen molar-refractivity contribution in [3.8, 4) is 0 Å². The third-order valence-corrected chi connectivity index (χ3v) is 1.82. The van der Waals surface area contributed by atoms with Gasteiger partial charge in [0.2, 0.25) is 0 Å². The van der Waals surface area contributed by atoms with Crippen molar-refractivity contribution < 1.29 is 18.0 Å². The van der Waals surface area contributed by atoms with E-state index in [9.17, 15) is 18.0 Å². The summed E-state index contributed by atoms with van der Waals surface area (Å²) >= 11 is 10.1. The van der Waals surface area contributed by atoms with E-state index in [0.717, 1.165) is 12.4 Å². The van der Waals surface area contributed by atoms with Crippen molar-refractivity contribution in [2.24, 2.45) is 0 Å². The van der Waals surface area contributed by atoms with Gasteiger partial charge in [0.05, 0.1) is 11.1 Å². The summed E-state index contributed by atoms with van der Waals surface area (Å²) in [5, 5.41) is 0. The Hall–Kier alpha value is -1.01. The highest BCUT2D eigenvalue weighted by molar-refractivity contribution is 6.43. The van der Waals surface area contributed by atoms with Crippen LogP contribution in [-0.2, 0) is 6.18 Å². The summed E-state index contributed by atoms with van der Waals surface area (Å²) in [5.41, 5.74) is -1.83. The zero-order chi connectivity index (χ0) is 11.6. The number of alkyl halides is 3. The Bertz CT molecular complexity index is 381. The summed E-state index contributed by atoms with van der Waals surface area (Å²) in [7, 11) is 0. The number of halogens is 5. The van der Waals surface area contributed by atoms with E-state index in [1.54, 1.807) is 0 Å². The van der Waals surface area contributed by atoms with E-state index in [0.29, 0.717) is 6.07 Å². The minimum Gasteiger partial charge on any atom is -0.266 e. The Morgan fingerprint density at radius 1 is 1.40 bits per heavy atom. The van der Waals surface area contributed by atoms with Gasteiger partial charge < -0.3 is 0 Å². The van der Waals surface area contributed by atoms with Crippen LogP contribution in [0.1, 0.15) is 15.9 Å². The molecule has 1 heterocycles. The normalized spacial score (nSPS) is 11.3. The summed E-state index contributed by atoms with van der Waals surface area (Å²) in [6.45, 7) is 0. The van der Waals surface area contributed by atoms with E-state index in [-0.39, 0.29) is 3.94 Å². The molecule has 0 atom stereocenters. The van der Waals surface area contributed by atoms with Crippen molar-refractivity contribution in [3.63, 3.8) is 0 Å². The van der Waals surface area contributed by atoms with Gasteiger partial charge in [0.25, 0.3) is 5.91 Å². The summed E-state index contributed by atoms with van der Waals surface area (Å²) < 4.78 is 37.2. The zero-order valence-electron chi connectivity index (χ0n) is 6.92. The van der Waals surface area contributed by atoms with Gasteiger partial charge in [-0.05, 0) is 6.07 Å². The molecule has 0 unspecified atom stereocenters. The fourth-order valence-electron chi connectivity index (χ4n) is 0.903. The van der Waals surface area contributed by atoms with E-state index in [1.807, 2.05) is 0 Å². The van der Waals surface area contributed by atoms with Crippen LogP contribution >= 0.6 is 23.6 Å². The molecule has 82 valence electrons. The molecular weight excluding hydrogens is 256 g/mol. The summed E-state index contributed by atoms with van der Waals surface area (Å²) in [6.07, 6.45) is -2.98. The van der Waals surface area contributed by atoms with Crippen LogP contribution in [0.3, 0.4) is 0 Å². The van der Waals surface area contributed by atoms with Crippen molar-refractivity contribution in [2.45, 2.75) is 6.18 Å². The first kappa shape index (κ1) is 12.1. The van der Waals surface area contributed by atoms with Crippen LogP contribution < -0.4 is 0 Å². The first-order valence-corrected chi connectivity index (χ1v) is 4.19. The predicted octanol–water partition coefficient (Wildman–Crippen LogP) is 2.85. The van der Waals surface area contributed by atoms with Crippen LogP contribution in [0.4, 0.5) is 13.2 Å². The molecule has 3 nitrogen and oxygen atoms in total. The van der Waals surface area contributed by atoms with Gasteiger partial charge >= 0.3 is 6.18 Å². The highest BCUT2D eigenvalue weighted by atomic mass is 35.5. The van der Waals surface area contributed by atoms with Crippen LogP contribution in [0.25, 0.3) is 0 Å².